The van der Waals surface area contributed by atoms with Gasteiger partial charge in [0.25, 0.3) is 6.33 Å². The van der Waals surface area contributed by atoms with E-state index >= 15 is 0 Å². The van der Waals surface area contributed by atoms with E-state index in [1.165, 1.54) is 0 Å². The van der Waals surface area contributed by atoms with Gasteiger partial charge in [0, 0.05) is 50.5 Å². The maximum atomic E-state index is 9.89. The molecule has 60 heavy (non-hydrogen) atoms. The van der Waals surface area contributed by atoms with E-state index in [4.69, 9.17) is 16.6 Å². The second-order valence-corrected chi connectivity index (χ2v) is 15.6. The number of hydrogen-bond donors (Lipinski definition) is 0. The monoisotopic (exact) mass is 959 g/mol. The summed E-state index contributed by atoms with van der Waals surface area (Å²) >= 11 is 0. The number of rotatable bonds is 5. The fraction of sp³-hybridized carbons (Fsp3) is 0.0741. The van der Waals surface area contributed by atoms with Gasteiger partial charge in [-0.15, -0.1) is 29.7 Å². The summed E-state index contributed by atoms with van der Waals surface area (Å²) < 4.78 is 65.5. The minimum atomic E-state index is -0.471. The second kappa shape index (κ2) is 14.8. The Kier molecular flexibility index (Phi) is 7.67. The van der Waals surface area contributed by atoms with Gasteiger partial charge in [-0.05, 0) is 79.2 Å². The zero-order chi connectivity index (χ0) is 44.9. The van der Waals surface area contributed by atoms with Crippen molar-refractivity contribution in [1.29, 1.82) is 0 Å². The van der Waals surface area contributed by atoms with Crippen molar-refractivity contribution in [3.05, 3.63) is 200 Å². The maximum absolute atomic E-state index is 9.89. The number of imidazole rings is 1. The van der Waals surface area contributed by atoms with Crippen molar-refractivity contribution in [2.75, 3.05) is 0 Å². The first-order valence-electron chi connectivity index (χ1n) is 22.5. The van der Waals surface area contributed by atoms with Gasteiger partial charge in [0.1, 0.15) is 5.82 Å². The van der Waals surface area contributed by atoms with Crippen molar-refractivity contribution in [3.8, 4) is 73.3 Å². The average molecular weight is 960 g/mol. The van der Waals surface area contributed by atoms with Gasteiger partial charge in [-0.25, -0.2) is 4.98 Å². The molecule has 6 heteroatoms. The molecule has 3 aromatic heterocycles. The van der Waals surface area contributed by atoms with Crippen LogP contribution in [-0.4, -0.2) is 14.1 Å². The quantitative estimate of drug-likeness (QED) is 0.127. The number of pyridine rings is 1. The van der Waals surface area contributed by atoms with Crippen molar-refractivity contribution in [1.82, 2.24) is 14.1 Å². The topological polar surface area (TPSA) is 35.9 Å². The molecule has 292 valence electrons. The maximum Gasteiger partial charge on any atom is 0.267 e. The molecule has 0 spiro atoms. The van der Waals surface area contributed by atoms with Crippen LogP contribution in [0.3, 0.4) is 0 Å². The Labute approximate surface area is 372 Å². The van der Waals surface area contributed by atoms with Crippen molar-refractivity contribution in [3.63, 3.8) is 0 Å². The number of para-hydroxylation sites is 2. The van der Waals surface area contributed by atoms with E-state index in [9.17, 15) is 1.37 Å². The van der Waals surface area contributed by atoms with E-state index in [1.807, 2.05) is 103 Å². The van der Waals surface area contributed by atoms with E-state index in [2.05, 4.69) is 68.1 Å². The largest absolute Gasteiger partial charge is 0.510 e. The third kappa shape index (κ3) is 6.29. The average Bonchev–Trinajstić information content (AvgIpc) is 3.83. The van der Waals surface area contributed by atoms with Crippen LogP contribution in [0.4, 0.5) is 0 Å². The number of fused-ring (bicyclic) bond motifs is 11. The fourth-order valence-corrected chi connectivity index (χ4v) is 8.18. The Morgan fingerprint density at radius 1 is 0.650 bits per heavy atom. The van der Waals surface area contributed by atoms with Gasteiger partial charge in [-0.2, -0.15) is 18.2 Å². The van der Waals surface area contributed by atoms with Crippen LogP contribution in [0.15, 0.2) is 176 Å². The minimum Gasteiger partial charge on any atom is -0.510 e. The van der Waals surface area contributed by atoms with E-state index < -0.39 is 18.1 Å². The second-order valence-electron chi connectivity index (χ2n) is 15.6. The molecule has 1 aliphatic heterocycles. The summed E-state index contributed by atoms with van der Waals surface area (Å²) in [6.45, 7) is 6.56. The molecule has 0 saturated heterocycles. The van der Waals surface area contributed by atoms with Gasteiger partial charge >= 0.3 is 0 Å². The minimum absolute atomic E-state index is 0. The molecule has 0 N–H and O–H groups in total. The zero-order valence-corrected chi connectivity index (χ0v) is 35.1. The first kappa shape index (κ1) is 31.2. The number of hydrogen-bond acceptors (Lipinski definition) is 2. The number of nitrogens with zero attached hydrogens (tertiary/aromatic N) is 4. The zero-order valence-electron chi connectivity index (χ0n) is 38.8. The molecule has 0 atom stereocenters. The summed E-state index contributed by atoms with van der Waals surface area (Å²) in [7, 11) is 0. The molecule has 0 fully saturated rings. The Balaban J connectivity index is 0.00000511. The number of ether oxygens (including phenoxy) is 1. The fourth-order valence-electron chi connectivity index (χ4n) is 8.18. The van der Waals surface area contributed by atoms with Gasteiger partial charge in [-0.1, -0.05) is 141 Å². The molecular weight excluding hydrogens is 916 g/mol. The first-order chi connectivity index (χ1) is 31.4. The van der Waals surface area contributed by atoms with Crippen LogP contribution in [0.2, 0.25) is 0 Å². The summed E-state index contributed by atoms with van der Waals surface area (Å²) in [4.78, 5) is 4.81. The van der Waals surface area contributed by atoms with Crippen LogP contribution in [0.1, 0.15) is 34.6 Å². The molecule has 4 heterocycles. The predicted molar refractivity (Wildman–Crippen MR) is 236 cm³/mol. The van der Waals surface area contributed by atoms with Gasteiger partial charge in [0.15, 0.2) is 0 Å². The summed E-state index contributed by atoms with van der Waals surface area (Å²) in [6.07, 6.45) is 5.40. The van der Waals surface area contributed by atoms with Crippen molar-refractivity contribution in [2.45, 2.75) is 26.2 Å². The molecule has 5 nitrogen and oxygen atoms in total. The summed E-state index contributed by atoms with van der Waals surface area (Å²) in [6, 6.07) is 48.2. The predicted octanol–water partition coefficient (Wildman–Crippen LogP) is 12.7. The van der Waals surface area contributed by atoms with Gasteiger partial charge < -0.3 is 13.9 Å². The Morgan fingerprint density at radius 3 is 2.12 bits per heavy atom. The standard InChI is InChI=1S/C54H38N4O.Pt/c1-54(2,3)37-29-30-55-52(31-37)58-49-26-12-11-23-46(49)47-28-27-40(33-50(47)58)59-39-18-13-17-38(32-39)56-34-51-45-22-10-9-20-43(45)42-19-7-8-21-44(42)48-25-14-24-41(53(48)57(51)35-56)36-15-5-4-6-16-36;/h4-31,34H,1-3H3;/q-2;/i4D,5D,6D,15D,16D,34D;. The summed E-state index contributed by atoms with van der Waals surface area (Å²) in [5, 5.41) is 2.08. The van der Waals surface area contributed by atoms with Gasteiger partial charge in [0.05, 0.1) is 19.6 Å². The molecule has 11 rings (SSSR count). The van der Waals surface area contributed by atoms with E-state index in [-0.39, 0.29) is 50.3 Å². The Morgan fingerprint density at radius 2 is 1.32 bits per heavy atom. The van der Waals surface area contributed by atoms with E-state index in [0.717, 1.165) is 61.0 Å². The van der Waals surface area contributed by atoms with E-state index in [1.54, 1.807) is 21.3 Å². The Bertz CT molecular complexity index is 3580. The third-order valence-electron chi connectivity index (χ3n) is 11.0. The van der Waals surface area contributed by atoms with Gasteiger partial charge in [0.2, 0.25) is 0 Å². The summed E-state index contributed by atoms with van der Waals surface area (Å²) in [5.74, 6) is 1.64. The molecule has 1 aliphatic rings. The van der Waals surface area contributed by atoms with E-state index in [0.29, 0.717) is 34.1 Å². The van der Waals surface area contributed by atoms with Crippen molar-refractivity contribution < 1.29 is 38.6 Å². The molecule has 0 unspecified atom stereocenters. The van der Waals surface area contributed by atoms with Gasteiger partial charge in [-0.3, -0.25) is 4.57 Å². The molecule has 10 aromatic rings. The molecule has 0 amide bonds. The van der Waals surface area contributed by atoms with Crippen LogP contribution in [0.25, 0.3) is 83.6 Å². The normalized spacial score (nSPS) is 13.2. The van der Waals surface area contributed by atoms with Crippen molar-refractivity contribution >= 4 is 21.8 Å². The summed E-state index contributed by atoms with van der Waals surface area (Å²) in [5.41, 5.74) is 9.04. The molecular formula is C54H38N4OPt-2. The third-order valence-corrected chi connectivity index (χ3v) is 11.0. The molecule has 7 aromatic carbocycles. The molecule has 0 bridgehead atoms. The number of aromatic nitrogens is 4. The van der Waals surface area contributed by atoms with Crippen LogP contribution in [0.5, 0.6) is 11.5 Å². The molecule has 0 saturated carbocycles. The molecule has 0 aliphatic carbocycles. The van der Waals surface area contributed by atoms with Crippen LogP contribution in [0, 0.1) is 18.5 Å². The van der Waals surface area contributed by atoms with Crippen LogP contribution in [-0.2, 0) is 26.5 Å². The van der Waals surface area contributed by atoms with Crippen LogP contribution >= 0.6 is 0 Å². The smallest absolute Gasteiger partial charge is 0.267 e. The first-order valence-corrected chi connectivity index (χ1v) is 19.5. The van der Waals surface area contributed by atoms with Crippen LogP contribution < -0.4 is 9.30 Å². The molecule has 0 radical (unpaired) electrons. The number of benzene rings is 7. The van der Waals surface area contributed by atoms with Crippen molar-refractivity contribution in [2.24, 2.45) is 0 Å². The SMILES string of the molecule is [2H]c1c([2H])c([2H])c(-c2cccc3c2-[n+]2[c-]n(-c4[c-]c(Oc5[c-]c6c(cc5)c5ccccc5n6-c5cc(C(C)(C)C)ccn5)ccc4)c([2H])c2-c2ccccc2-c2ccccc2-3)c([2H])c1[2H].[Pt]. The Hall–Kier alpha value is -6.81.